The maximum absolute atomic E-state index is 10.7. The summed E-state index contributed by atoms with van der Waals surface area (Å²) in [4.78, 5) is 5.45. The predicted molar refractivity (Wildman–Crippen MR) is 194 cm³/mol. The van der Waals surface area contributed by atoms with E-state index in [1.807, 2.05) is 34.4 Å². The highest BCUT2D eigenvalue weighted by molar-refractivity contribution is 8.04. The van der Waals surface area contributed by atoms with E-state index in [1.165, 1.54) is 36.4 Å². The molecule has 6 aromatic rings. The van der Waals surface area contributed by atoms with Gasteiger partial charge in [0, 0.05) is 12.1 Å². The van der Waals surface area contributed by atoms with E-state index in [9.17, 15) is 26.3 Å². The molecule has 53 heavy (non-hydrogen) atoms. The van der Waals surface area contributed by atoms with E-state index in [0.717, 1.165) is 0 Å². The second-order valence-corrected chi connectivity index (χ2v) is 20.9. The standard InChI is InChI=1S/C32H24S5.2CHF3O3S/c1-5-13-25(14-6-1)36(26-15-7-2-8-16-26)31-23-21-29(34-31)33-30-22-24-32(35-30)37(27-17-9-3-10-18-27)28-19-11-4-12-20-28;2*2-1(3,4)8(5,6)7/h1-24H;2*(H,5,6,7)/q+2;;/p-2. The monoisotopic (exact) mass is 866 g/mol. The van der Waals surface area contributed by atoms with Gasteiger partial charge in [-0.25, -0.2) is 16.8 Å². The largest absolute Gasteiger partial charge is 0.741 e. The molecule has 0 aliphatic heterocycles. The smallest absolute Gasteiger partial charge is 0.485 e. The molecule has 4 aromatic carbocycles. The van der Waals surface area contributed by atoms with Crippen LogP contribution in [0.2, 0.25) is 0 Å². The van der Waals surface area contributed by atoms with Gasteiger partial charge in [0.15, 0.2) is 39.8 Å². The normalized spacial score (nSPS) is 12.1. The summed E-state index contributed by atoms with van der Waals surface area (Å²) in [5, 5.41) is 0. The molecule has 2 heterocycles. The Morgan fingerprint density at radius 1 is 0.434 bits per heavy atom. The van der Waals surface area contributed by atoms with E-state index in [2.05, 4.69) is 146 Å². The Bertz CT molecular complexity index is 2010. The zero-order valence-electron chi connectivity index (χ0n) is 26.4. The van der Waals surface area contributed by atoms with Crippen LogP contribution in [0.1, 0.15) is 0 Å². The van der Waals surface area contributed by atoms with Crippen molar-refractivity contribution in [1.29, 1.82) is 0 Å². The third-order valence-electron chi connectivity index (χ3n) is 6.20. The summed E-state index contributed by atoms with van der Waals surface area (Å²) in [5.74, 6) is 0. The van der Waals surface area contributed by atoms with Gasteiger partial charge in [0.05, 0.1) is 8.42 Å². The van der Waals surface area contributed by atoms with E-state index in [-0.39, 0.29) is 21.8 Å². The Morgan fingerprint density at radius 2 is 0.660 bits per heavy atom. The maximum Gasteiger partial charge on any atom is 0.485 e. The number of alkyl halides is 6. The SMILES string of the molecule is O=S(=O)([O-])C(F)(F)F.O=S(=O)([O-])C(F)(F)F.c1ccc([S+](c2ccccc2)c2ccc(Sc3ccc([S+](c4ccccc4)c4ccccc4)s3)s2)cc1. The molecule has 0 amide bonds. The number of rotatable bonds is 8. The fourth-order valence-electron chi connectivity index (χ4n) is 4.00. The highest BCUT2D eigenvalue weighted by Crippen LogP contribution is 2.44. The van der Waals surface area contributed by atoms with Gasteiger partial charge in [0.25, 0.3) is 0 Å². The molecule has 6 nitrogen and oxygen atoms in total. The van der Waals surface area contributed by atoms with Crippen molar-refractivity contribution in [3.8, 4) is 0 Å². The summed E-state index contributed by atoms with van der Waals surface area (Å²) in [6.07, 6.45) is 0. The summed E-state index contributed by atoms with van der Waals surface area (Å²) in [6, 6.07) is 52.8. The van der Waals surface area contributed by atoms with Crippen LogP contribution in [0.15, 0.2) is 182 Å². The second kappa shape index (κ2) is 18.4. The van der Waals surface area contributed by atoms with Crippen molar-refractivity contribution in [3.05, 3.63) is 146 Å². The van der Waals surface area contributed by atoms with Crippen LogP contribution in [-0.4, -0.2) is 37.0 Å². The van der Waals surface area contributed by atoms with Crippen LogP contribution in [0, 0.1) is 0 Å². The molecule has 0 radical (unpaired) electrons. The van der Waals surface area contributed by atoms with E-state index in [4.69, 9.17) is 25.9 Å². The fourth-order valence-corrected chi connectivity index (χ4v) is 13.3. The van der Waals surface area contributed by atoms with Gasteiger partial charge in [0.2, 0.25) is 8.42 Å². The van der Waals surface area contributed by atoms with Crippen molar-refractivity contribution >= 4 is 76.5 Å². The van der Waals surface area contributed by atoms with Crippen LogP contribution in [0.4, 0.5) is 26.3 Å². The van der Waals surface area contributed by atoms with Crippen LogP contribution < -0.4 is 0 Å². The Labute approximate surface area is 319 Å². The fraction of sp³-hybridized carbons (Fsp3) is 0.0588. The van der Waals surface area contributed by atoms with Crippen LogP contribution in [0.5, 0.6) is 0 Å². The molecule has 0 saturated heterocycles. The van der Waals surface area contributed by atoms with Crippen molar-refractivity contribution in [2.75, 3.05) is 0 Å². The summed E-state index contributed by atoms with van der Waals surface area (Å²) >= 11 is 5.73. The van der Waals surface area contributed by atoms with E-state index in [1.54, 1.807) is 0 Å². The molecule has 2 aromatic heterocycles. The van der Waals surface area contributed by atoms with Gasteiger partial charge in [0.1, 0.15) is 21.8 Å². The molecule has 0 fully saturated rings. The molecular weight excluding hydrogens is 843 g/mol. The van der Waals surface area contributed by atoms with Crippen LogP contribution in [-0.2, 0) is 42.0 Å². The first kappa shape index (κ1) is 42.5. The predicted octanol–water partition coefficient (Wildman–Crippen LogP) is 10.3. The summed E-state index contributed by atoms with van der Waals surface area (Å²) < 4.78 is 123. The second-order valence-electron chi connectivity index (χ2n) is 9.91. The molecule has 19 heteroatoms. The van der Waals surface area contributed by atoms with E-state index < -0.39 is 31.3 Å². The molecular formula is C34H24F6O6S7. The van der Waals surface area contributed by atoms with Gasteiger partial charge in [-0.1, -0.05) is 107 Å². The Morgan fingerprint density at radius 3 is 0.868 bits per heavy atom. The molecule has 0 aliphatic rings. The number of benzene rings is 4. The van der Waals surface area contributed by atoms with Gasteiger partial charge in [-0.3, -0.25) is 0 Å². The molecule has 0 aliphatic carbocycles. The third-order valence-corrected chi connectivity index (χ3v) is 15.9. The minimum absolute atomic E-state index is 0.0938. The molecule has 0 atom stereocenters. The first-order valence-electron chi connectivity index (χ1n) is 14.5. The molecule has 0 N–H and O–H groups in total. The van der Waals surface area contributed by atoms with E-state index in [0.29, 0.717) is 0 Å². The highest BCUT2D eigenvalue weighted by atomic mass is 32.2. The lowest BCUT2D eigenvalue weighted by molar-refractivity contribution is -0.0522. The van der Waals surface area contributed by atoms with Crippen molar-refractivity contribution in [1.82, 2.24) is 0 Å². The lowest BCUT2D eigenvalue weighted by atomic mass is 10.4. The summed E-state index contributed by atoms with van der Waals surface area (Å²) in [7, 11) is -12.4. The van der Waals surface area contributed by atoms with Crippen LogP contribution in [0.25, 0.3) is 0 Å². The molecule has 280 valence electrons. The molecule has 0 spiro atoms. The maximum atomic E-state index is 10.7. The van der Waals surface area contributed by atoms with Gasteiger partial charge in [-0.15, -0.1) is 0 Å². The molecule has 0 saturated carbocycles. The average molecular weight is 867 g/mol. The summed E-state index contributed by atoms with van der Waals surface area (Å²) in [6.45, 7) is 0. The molecule has 0 bridgehead atoms. The number of thiophene rings is 2. The van der Waals surface area contributed by atoms with Crippen molar-refractivity contribution in [2.45, 2.75) is 47.4 Å². The van der Waals surface area contributed by atoms with Crippen LogP contribution in [0.3, 0.4) is 0 Å². The van der Waals surface area contributed by atoms with Crippen molar-refractivity contribution in [2.24, 2.45) is 0 Å². The quantitative estimate of drug-likeness (QED) is 0.0648. The zero-order valence-corrected chi connectivity index (χ0v) is 32.1. The van der Waals surface area contributed by atoms with Crippen LogP contribution >= 0.6 is 34.4 Å². The first-order valence-corrected chi connectivity index (χ1v) is 22.2. The average Bonchev–Trinajstić information content (AvgIpc) is 3.76. The highest BCUT2D eigenvalue weighted by Gasteiger charge is 2.38. The van der Waals surface area contributed by atoms with E-state index >= 15 is 0 Å². The number of hydrogen-bond donors (Lipinski definition) is 0. The topological polar surface area (TPSA) is 114 Å². The van der Waals surface area contributed by atoms with Gasteiger partial charge >= 0.3 is 11.0 Å². The lowest BCUT2D eigenvalue weighted by Gasteiger charge is -2.08. The number of halogens is 6. The van der Waals surface area contributed by atoms with Crippen molar-refractivity contribution < 1.29 is 52.3 Å². The first-order chi connectivity index (χ1) is 24.8. The Balaban J connectivity index is 0.000000329. The van der Waals surface area contributed by atoms with Gasteiger partial charge in [-0.05, 0) is 60.7 Å². The van der Waals surface area contributed by atoms with Gasteiger partial charge in [-0.2, -0.15) is 26.3 Å². The Kier molecular flexibility index (Phi) is 14.7. The zero-order chi connectivity index (χ0) is 38.9. The minimum atomic E-state index is -6.09. The van der Waals surface area contributed by atoms with Gasteiger partial charge < -0.3 is 9.11 Å². The number of hydrogen-bond acceptors (Lipinski definition) is 9. The summed E-state index contributed by atoms with van der Waals surface area (Å²) in [5.41, 5.74) is -11.3. The third kappa shape index (κ3) is 12.4. The molecule has 6 rings (SSSR count). The minimum Gasteiger partial charge on any atom is -0.741 e. The lowest BCUT2D eigenvalue weighted by Crippen LogP contribution is -2.21. The van der Waals surface area contributed by atoms with Crippen molar-refractivity contribution in [3.63, 3.8) is 0 Å². The molecule has 0 unspecified atom stereocenters. The Hall–Kier alpha value is -3.27.